The molecule has 0 spiro atoms. The van der Waals surface area contributed by atoms with Crippen LogP contribution < -0.4 is 0 Å². The zero-order chi connectivity index (χ0) is 21.4. The van der Waals surface area contributed by atoms with E-state index in [0.29, 0.717) is 6.07 Å². The maximum absolute atomic E-state index is 14.6. The van der Waals surface area contributed by atoms with Gasteiger partial charge in [0.15, 0.2) is 0 Å². The van der Waals surface area contributed by atoms with Gasteiger partial charge in [-0.1, -0.05) is 26.8 Å². The van der Waals surface area contributed by atoms with Crippen molar-refractivity contribution in [1.82, 2.24) is 0 Å². The predicted molar refractivity (Wildman–Crippen MR) is 83.8 cm³/mol. The Kier molecular flexibility index (Phi) is 6.73. The summed E-state index contributed by atoms with van der Waals surface area (Å²) in [4.78, 5) is 10.2. The van der Waals surface area contributed by atoms with Crippen molar-refractivity contribution in [1.29, 1.82) is 0 Å². The second-order valence-electron chi connectivity index (χ2n) is 6.19. The van der Waals surface area contributed by atoms with Crippen LogP contribution >= 0.6 is 0 Å². The van der Waals surface area contributed by atoms with Crippen molar-refractivity contribution < 1.29 is 44.8 Å². The van der Waals surface area contributed by atoms with E-state index in [0.717, 1.165) is 0 Å². The number of carboxylic acid groups (broad SMARTS) is 1. The summed E-state index contributed by atoms with van der Waals surface area (Å²) in [5, 5.41) is 9.16. The number of halogens is 7. The van der Waals surface area contributed by atoms with E-state index in [1.807, 2.05) is 0 Å². The van der Waals surface area contributed by atoms with E-state index in [2.05, 4.69) is 0 Å². The molecule has 0 saturated carbocycles. The van der Waals surface area contributed by atoms with E-state index in [9.17, 15) is 39.7 Å². The van der Waals surface area contributed by atoms with Crippen LogP contribution in [-0.2, 0) is 22.9 Å². The average molecular weight is 422 g/mol. The van der Waals surface area contributed by atoms with Gasteiger partial charge in [0.25, 0.3) is 0 Å². The molecule has 3 nitrogen and oxygen atoms in total. The maximum Gasteiger partial charge on any atom is 0.435 e. The molecule has 0 heterocycles. The smallest absolute Gasteiger partial charge is 0.435 e. The summed E-state index contributed by atoms with van der Waals surface area (Å²) in [6, 6.07) is 0.579. The minimum Gasteiger partial charge on any atom is -0.478 e. The van der Waals surface area contributed by atoms with Crippen LogP contribution in [0, 0.1) is 5.92 Å². The van der Waals surface area contributed by atoms with Crippen molar-refractivity contribution in [2.24, 2.45) is 5.92 Å². The Bertz CT molecular complexity index is 725. The minimum absolute atomic E-state index is 0.108. The van der Waals surface area contributed by atoms with Crippen LogP contribution in [-0.4, -0.2) is 33.4 Å². The number of rotatable bonds is 6. The minimum atomic E-state index is -6.39. The van der Waals surface area contributed by atoms with Gasteiger partial charge < -0.3 is 5.11 Å². The van der Waals surface area contributed by atoms with Gasteiger partial charge in [-0.3, -0.25) is 4.21 Å². The van der Waals surface area contributed by atoms with Gasteiger partial charge in [-0.2, -0.15) is 26.3 Å². The topological polar surface area (TPSA) is 54.4 Å². The summed E-state index contributed by atoms with van der Waals surface area (Å²) in [5.74, 6) is -2.41. The Morgan fingerprint density at radius 1 is 1.07 bits per heavy atom. The van der Waals surface area contributed by atoms with E-state index < -0.39 is 62.3 Å². The summed E-state index contributed by atoms with van der Waals surface area (Å²) in [7, 11) is -2.48. The third-order valence-corrected chi connectivity index (χ3v) is 5.60. The number of hydrogen-bond donors (Lipinski definition) is 1. The van der Waals surface area contributed by atoms with Gasteiger partial charge in [0, 0.05) is 16.2 Å². The molecule has 1 aromatic carbocycles. The fourth-order valence-electron chi connectivity index (χ4n) is 2.56. The first-order chi connectivity index (χ1) is 12.1. The molecule has 0 aliphatic heterocycles. The lowest BCUT2D eigenvalue weighted by atomic mass is 9.90. The largest absolute Gasteiger partial charge is 0.478 e. The van der Waals surface area contributed by atoms with Crippen LogP contribution in [0.15, 0.2) is 17.0 Å². The van der Waals surface area contributed by atoms with Crippen LogP contribution in [0.1, 0.15) is 42.3 Å². The fourth-order valence-corrected chi connectivity index (χ4v) is 4.32. The van der Waals surface area contributed by atoms with Crippen molar-refractivity contribution in [3.63, 3.8) is 0 Å². The predicted octanol–water partition coefficient (Wildman–Crippen LogP) is 5.00. The highest BCUT2D eigenvalue weighted by Gasteiger charge is 2.74. The molecule has 1 aromatic rings. The van der Waals surface area contributed by atoms with Gasteiger partial charge in [0.05, 0.1) is 16.4 Å². The second-order valence-corrected chi connectivity index (χ2v) is 7.62. The van der Waals surface area contributed by atoms with Gasteiger partial charge >= 0.3 is 24.0 Å². The molecule has 0 bridgehead atoms. The highest BCUT2D eigenvalue weighted by atomic mass is 32.2. The molecule has 0 aliphatic rings. The molecule has 11 heteroatoms. The molecule has 0 radical (unpaired) electrons. The molecule has 0 aromatic heterocycles. The number of aromatic carboxylic acids is 1. The van der Waals surface area contributed by atoms with Crippen LogP contribution in [0.25, 0.3) is 0 Å². The molecule has 1 N–H and O–H groups in total. The van der Waals surface area contributed by atoms with Crippen LogP contribution in [0.2, 0.25) is 0 Å². The Morgan fingerprint density at radius 2 is 1.56 bits per heavy atom. The first-order valence-electron chi connectivity index (χ1n) is 7.69. The van der Waals surface area contributed by atoms with E-state index in [-0.39, 0.29) is 18.2 Å². The molecule has 1 atom stereocenters. The zero-order valence-corrected chi connectivity index (χ0v) is 15.3. The fraction of sp³-hybridized carbons (Fsp3) is 0.562. The summed E-state index contributed by atoms with van der Waals surface area (Å²) in [6.45, 7) is 4.30. The quantitative estimate of drug-likeness (QED) is 0.657. The van der Waals surface area contributed by atoms with Crippen molar-refractivity contribution in [3.8, 4) is 0 Å². The molecule has 1 rings (SSSR count). The first-order valence-corrected chi connectivity index (χ1v) is 9.01. The average Bonchev–Trinajstić information content (AvgIpc) is 2.49. The molecule has 154 valence electrons. The number of carbonyl (C=O) groups is 1. The molecule has 27 heavy (non-hydrogen) atoms. The molecule has 0 saturated heterocycles. The van der Waals surface area contributed by atoms with Crippen LogP contribution in [0.5, 0.6) is 0 Å². The number of benzene rings is 1. The van der Waals surface area contributed by atoms with Crippen molar-refractivity contribution in [3.05, 3.63) is 28.8 Å². The summed E-state index contributed by atoms with van der Waals surface area (Å²) in [6.07, 6.45) is -13.1. The SMILES string of the molecule is CCc1c(C(=O)O)ccc(C(F)(C(F)(F)F)C(F)(F)F)c1[S@@](=O)CC(C)C. The highest BCUT2D eigenvalue weighted by molar-refractivity contribution is 7.85. The molecule has 0 aliphatic carbocycles. The van der Waals surface area contributed by atoms with Crippen LogP contribution in [0.4, 0.5) is 30.7 Å². The lowest BCUT2D eigenvalue weighted by molar-refractivity contribution is -0.349. The Hall–Kier alpha value is -1.65. The monoisotopic (exact) mass is 422 g/mol. The van der Waals surface area contributed by atoms with E-state index in [4.69, 9.17) is 5.11 Å². The Morgan fingerprint density at radius 3 is 1.89 bits per heavy atom. The van der Waals surface area contributed by atoms with Crippen molar-refractivity contribution in [2.45, 2.75) is 50.1 Å². The lowest BCUT2D eigenvalue weighted by Crippen LogP contribution is -2.51. The molecular formula is C16H17F7O3S. The Balaban J connectivity index is 4.03. The van der Waals surface area contributed by atoms with Gasteiger partial charge in [-0.25, -0.2) is 9.18 Å². The summed E-state index contributed by atoms with van der Waals surface area (Å²) >= 11 is 0. The maximum atomic E-state index is 14.6. The number of alkyl halides is 7. The summed E-state index contributed by atoms with van der Waals surface area (Å²) < 4.78 is 106. The standard InChI is InChI=1S/C16H17F7O3S/c1-4-9-10(13(24)25)5-6-11(12(9)27(26)7-8(2)3)14(17,15(18,19)20)16(21,22)23/h5-6,8H,4,7H2,1-3H3,(H,24,25)/t27-/m0/s1. The van der Waals surface area contributed by atoms with E-state index >= 15 is 0 Å². The molecule has 0 amide bonds. The van der Waals surface area contributed by atoms with E-state index in [1.54, 1.807) is 0 Å². The lowest BCUT2D eigenvalue weighted by Gasteiger charge is -2.32. The third-order valence-electron chi connectivity index (χ3n) is 3.71. The van der Waals surface area contributed by atoms with Crippen LogP contribution in [0.3, 0.4) is 0 Å². The van der Waals surface area contributed by atoms with Gasteiger partial charge in [0.1, 0.15) is 0 Å². The molecule has 0 unspecified atom stereocenters. The van der Waals surface area contributed by atoms with Gasteiger partial charge in [-0.05, 0) is 24.0 Å². The molecular weight excluding hydrogens is 405 g/mol. The molecule has 0 fully saturated rings. The van der Waals surface area contributed by atoms with Gasteiger partial charge in [0.2, 0.25) is 0 Å². The highest BCUT2D eigenvalue weighted by Crippen LogP contribution is 2.55. The van der Waals surface area contributed by atoms with E-state index in [1.165, 1.54) is 20.8 Å². The van der Waals surface area contributed by atoms with Crippen molar-refractivity contribution in [2.75, 3.05) is 5.75 Å². The number of carboxylic acids is 1. The zero-order valence-electron chi connectivity index (χ0n) is 14.5. The van der Waals surface area contributed by atoms with Crippen molar-refractivity contribution >= 4 is 16.8 Å². The first kappa shape index (κ1) is 23.4. The number of hydrogen-bond acceptors (Lipinski definition) is 2. The summed E-state index contributed by atoms with van der Waals surface area (Å²) in [5.41, 5.74) is -8.82. The Labute approximate surface area is 153 Å². The second kappa shape index (κ2) is 7.76. The van der Waals surface area contributed by atoms with Gasteiger partial charge in [-0.15, -0.1) is 0 Å². The third kappa shape index (κ3) is 4.27. The normalized spacial score (nSPS) is 14.5.